The minimum atomic E-state index is -0.461. The first-order valence-electron chi connectivity index (χ1n) is 8.89. The Morgan fingerprint density at radius 3 is 2.84 bits per heavy atom. The average molecular weight is 348 g/mol. The van der Waals surface area contributed by atoms with Gasteiger partial charge in [-0.25, -0.2) is 4.79 Å². The molecule has 0 aromatic carbocycles. The molecule has 2 amide bonds. The Labute approximate surface area is 146 Å². The first-order chi connectivity index (χ1) is 12.0. The fraction of sp³-hybridized carbons (Fsp3) is 0.611. The van der Waals surface area contributed by atoms with Crippen LogP contribution in [0.5, 0.6) is 0 Å². The number of fused-ring (bicyclic) bond motifs is 1. The summed E-state index contributed by atoms with van der Waals surface area (Å²) < 4.78 is 10.7. The second-order valence-corrected chi connectivity index (χ2v) is 6.59. The van der Waals surface area contributed by atoms with E-state index in [0.717, 1.165) is 19.3 Å². The number of aryl methyl sites for hydroxylation is 1. The summed E-state index contributed by atoms with van der Waals surface area (Å²) in [4.78, 5) is 38.3. The van der Waals surface area contributed by atoms with E-state index in [2.05, 4.69) is 5.32 Å². The lowest BCUT2D eigenvalue weighted by Gasteiger charge is -2.32. The highest BCUT2D eigenvalue weighted by Gasteiger charge is 2.33. The van der Waals surface area contributed by atoms with Gasteiger partial charge in [-0.15, -0.1) is 0 Å². The van der Waals surface area contributed by atoms with E-state index < -0.39 is 6.09 Å². The zero-order valence-electron chi connectivity index (χ0n) is 14.7. The number of hydrogen-bond donors (Lipinski definition) is 1. The van der Waals surface area contributed by atoms with Gasteiger partial charge in [-0.1, -0.05) is 0 Å². The van der Waals surface area contributed by atoms with E-state index in [1.165, 1.54) is 0 Å². The highest BCUT2D eigenvalue weighted by atomic mass is 16.5. The van der Waals surface area contributed by atoms with Crippen molar-refractivity contribution in [3.63, 3.8) is 0 Å². The topological polar surface area (TPSA) is 88.8 Å². The molecule has 0 spiro atoms. The zero-order valence-corrected chi connectivity index (χ0v) is 14.7. The van der Waals surface area contributed by atoms with Crippen molar-refractivity contribution in [1.29, 1.82) is 0 Å². The van der Waals surface area contributed by atoms with Gasteiger partial charge in [0.25, 0.3) is 5.91 Å². The smallest absolute Gasteiger partial charge is 0.407 e. The number of carbonyl (C=O) groups excluding carboxylic acids is 3. The number of amides is 2. The molecule has 1 aliphatic carbocycles. The lowest BCUT2D eigenvalue weighted by Crippen LogP contribution is -2.49. The predicted molar refractivity (Wildman–Crippen MR) is 89.8 cm³/mol. The van der Waals surface area contributed by atoms with Gasteiger partial charge >= 0.3 is 6.09 Å². The van der Waals surface area contributed by atoms with Gasteiger partial charge in [-0.05, 0) is 33.1 Å². The summed E-state index contributed by atoms with van der Waals surface area (Å²) >= 11 is 0. The third kappa shape index (κ3) is 3.55. The third-order valence-corrected chi connectivity index (χ3v) is 4.81. The van der Waals surface area contributed by atoms with Crippen molar-refractivity contribution in [2.24, 2.45) is 0 Å². The van der Waals surface area contributed by atoms with Crippen LogP contribution in [0.3, 0.4) is 0 Å². The molecular formula is C18H24N2O5. The van der Waals surface area contributed by atoms with Gasteiger partial charge in [-0.3, -0.25) is 9.59 Å². The Bertz CT molecular complexity index is 694. The molecule has 1 aromatic heterocycles. The Morgan fingerprint density at radius 2 is 2.12 bits per heavy atom. The van der Waals surface area contributed by atoms with Crippen molar-refractivity contribution >= 4 is 17.8 Å². The Kier molecular flexibility index (Phi) is 5.11. The highest BCUT2D eigenvalue weighted by molar-refractivity contribution is 6.03. The fourth-order valence-corrected chi connectivity index (χ4v) is 3.62. The SMILES string of the molecule is CCOC(=O)NC1CCCN(C(=O)c2oc3c(c2C)C(=O)CCC3)C1. The minimum absolute atomic E-state index is 0.0575. The lowest BCUT2D eigenvalue weighted by molar-refractivity contribution is 0.0651. The number of likely N-dealkylation sites (tertiary alicyclic amines) is 1. The molecule has 0 bridgehead atoms. The molecule has 7 nitrogen and oxygen atoms in total. The van der Waals surface area contributed by atoms with Crippen molar-refractivity contribution in [2.75, 3.05) is 19.7 Å². The molecule has 0 saturated carbocycles. The summed E-state index contributed by atoms with van der Waals surface area (Å²) in [6, 6.07) is -0.136. The lowest BCUT2D eigenvalue weighted by atomic mass is 9.94. The van der Waals surface area contributed by atoms with Crippen LogP contribution in [-0.2, 0) is 11.2 Å². The van der Waals surface area contributed by atoms with Crippen molar-refractivity contribution in [2.45, 2.75) is 52.0 Å². The summed E-state index contributed by atoms with van der Waals surface area (Å²) in [7, 11) is 0. The fourth-order valence-electron chi connectivity index (χ4n) is 3.62. The van der Waals surface area contributed by atoms with Crippen LogP contribution in [-0.4, -0.2) is 48.4 Å². The van der Waals surface area contributed by atoms with Gasteiger partial charge in [0.2, 0.25) is 0 Å². The Hall–Kier alpha value is -2.31. The second-order valence-electron chi connectivity index (χ2n) is 6.59. The summed E-state index contributed by atoms with van der Waals surface area (Å²) in [6.45, 7) is 4.86. The third-order valence-electron chi connectivity index (χ3n) is 4.81. The van der Waals surface area contributed by atoms with E-state index in [1.807, 2.05) is 0 Å². The maximum Gasteiger partial charge on any atom is 0.407 e. The minimum Gasteiger partial charge on any atom is -0.455 e. The largest absolute Gasteiger partial charge is 0.455 e. The number of hydrogen-bond acceptors (Lipinski definition) is 5. The van der Waals surface area contributed by atoms with Crippen LogP contribution in [0.1, 0.15) is 64.8 Å². The van der Waals surface area contributed by atoms with E-state index in [4.69, 9.17) is 9.15 Å². The van der Waals surface area contributed by atoms with Gasteiger partial charge in [0.05, 0.1) is 12.2 Å². The zero-order chi connectivity index (χ0) is 18.0. The van der Waals surface area contributed by atoms with E-state index >= 15 is 0 Å². The number of ketones is 1. The monoisotopic (exact) mass is 348 g/mol. The van der Waals surface area contributed by atoms with E-state index in [1.54, 1.807) is 18.7 Å². The van der Waals surface area contributed by atoms with Crippen LogP contribution in [0, 0.1) is 6.92 Å². The molecule has 1 saturated heterocycles. The molecule has 1 aliphatic heterocycles. The number of alkyl carbamates (subject to hydrolysis) is 1. The molecule has 1 atom stereocenters. The van der Waals surface area contributed by atoms with Crippen molar-refractivity contribution in [3.05, 3.63) is 22.6 Å². The normalized spacial score (nSPS) is 20.2. The van der Waals surface area contributed by atoms with Crippen molar-refractivity contribution in [3.8, 4) is 0 Å². The molecule has 136 valence electrons. The van der Waals surface area contributed by atoms with Crippen LogP contribution in [0.15, 0.2) is 4.42 Å². The first-order valence-corrected chi connectivity index (χ1v) is 8.89. The number of furan rings is 1. The van der Waals surface area contributed by atoms with Crippen molar-refractivity contribution in [1.82, 2.24) is 10.2 Å². The number of rotatable bonds is 3. The Balaban J connectivity index is 1.73. The van der Waals surface area contributed by atoms with Gasteiger partial charge in [-0.2, -0.15) is 0 Å². The average Bonchev–Trinajstić information content (AvgIpc) is 2.93. The molecule has 1 unspecified atom stereocenters. The molecule has 3 rings (SSSR count). The number of piperidine rings is 1. The van der Waals surface area contributed by atoms with Crippen LogP contribution in [0.25, 0.3) is 0 Å². The van der Waals surface area contributed by atoms with Crippen molar-refractivity contribution < 1.29 is 23.5 Å². The van der Waals surface area contributed by atoms with Crippen LogP contribution in [0.2, 0.25) is 0 Å². The molecule has 1 N–H and O–H groups in total. The predicted octanol–water partition coefficient (Wildman–Crippen LogP) is 2.46. The molecule has 25 heavy (non-hydrogen) atoms. The molecule has 1 fully saturated rings. The maximum atomic E-state index is 12.9. The summed E-state index contributed by atoms with van der Waals surface area (Å²) in [5.41, 5.74) is 1.23. The first kappa shape index (κ1) is 17.5. The maximum absolute atomic E-state index is 12.9. The van der Waals surface area contributed by atoms with Gasteiger partial charge in [0, 0.05) is 37.5 Å². The number of nitrogens with zero attached hydrogens (tertiary/aromatic N) is 1. The van der Waals surface area contributed by atoms with Crippen LogP contribution < -0.4 is 5.32 Å². The summed E-state index contributed by atoms with van der Waals surface area (Å²) in [5, 5.41) is 2.79. The molecular weight excluding hydrogens is 324 g/mol. The van der Waals surface area contributed by atoms with E-state index in [0.29, 0.717) is 49.4 Å². The molecule has 7 heteroatoms. The van der Waals surface area contributed by atoms with Gasteiger partial charge in [0.1, 0.15) is 5.76 Å². The van der Waals surface area contributed by atoms with Gasteiger partial charge in [0.15, 0.2) is 11.5 Å². The Morgan fingerprint density at radius 1 is 1.32 bits per heavy atom. The number of ether oxygens (including phenoxy) is 1. The van der Waals surface area contributed by atoms with E-state index in [-0.39, 0.29) is 23.5 Å². The van der Waals surface area contributed by atoms with E-state index in [9.17, 15) is 14.4 Å². The standard InChI is InChI=1S/C18H24N2O5/c1-3-24-18(23)19-12-6-5-9-20(10-12)17(22)16-11(2)15-13(21)7-4-8-14(15)25-16/h12H,3-10H2,1-2H3,(H,19,23). The molecule has 2 heterocycles. The number of carbonyl (C=O) groups is 3. The van der Waals surface area contributed by atoms with Crippen LogP contribution in [0.4, 0.5) is 4.79 Å². The number of Topliss-reactive ketones (excluding diaryl/α,β-unsaturated/α-hetero) is 1. The summed E-state index contributed by atoms with van der Waals surface area (Å²) in [5.74, 6) is 0.740. The molecule has 1 aromatic rings. The summed E-state index contributed by atoms with van der Waals surface area (Å²) in [6.07, 6.45) is 3.10. The van der Waals surface area contributed by atoms with Gasteiger partial charge < -0.3 is 19.4 Å². The highest BCUT2D eigenvalue weighted by Crippen LogP contribution is 2.30. The quantitative estimate of drug-likeness (QED) is 0.906. The molecule has 2 aliphatic rings. The van der Waals surface area contributed by atoms with Crippen LogP contribution >= 0.6 is 0 Å². The molecule has 0 radical (unpaired) electrons. The number of nitrogens with one attached hydrogen (secondary N) is 1. The second kappa shape index (κ2) is 7.29.